The summed E-state index contributed by atoms with van der Waals surface area (Å²) in [7, 11) is 0. The maximum atomic E-state index is 13.0. The quantitative estimate of drug-likeness (QED) is 0.361. The molecule has 0 aliphatic rings. The molecule has 0 unspecified atom stereocenters. The highest BCUT2D eigenvalue weighted by Crippen LogP contribution is 2.35. The van der Waals surface area contributed by atoms with Gasteiger partial charge >= 0.3 is 6.09 Å². The zero-order chi connectivity index (χ0) is 21.4. The number of carbonyl (C=O) groups excluding carboxylic acids is 1. The zero-order valence-electron chi connectivity index (χ0n) is 17.7. The molecule has 0 aliphatic heterocycles. The molecule has 4 rings (SSSR count). The number of amides is 1. The largest absolute Gasteiger partial charge is 0.417 e. The summed E-state index contributed by atoms with van der Waals surface area (Å²) >= 11 is 6.19. The van der Waals surface area contributed by atoms with Gasteiger partial charge in [0.1, 0.15) is 0 Å². The van der Waals surface area contributed by atoms with Crippen LogP contribution in [0.5, 0.6) is 5.88 Å². The van der Waals surface area contributed by atoms with Crippen LogP contribution in [0.2, 0.25) is 5.02 Å². The third kappa shape index (κ3) is 4.31. The number of rotatable bonds is 4. The SMILES string of the molecule is CC(C)N(C(=O)Oc1nn(-c2ccncc2)c2ccc3cc(Cl)ccc3c12)C(C)C.Cl. The highest BCUT2D eigenvalue weighted by atomic mass is 35.5. The van der Waals surface area contributed by atoms with Gasteiger partial charge in [0.25, 0.3) is 5.88 Å². The Labute approximate surface area is 192 Å². The first-order valence-corrected chi connectivity index (χ1v) is 10.3. The molecule has 0 N–H and O–H groups in total. The van der Waals surface area contributed by atoms with E-state index in [4.69, 9.17) is 16.3 Å². The van der Waals surface area contributed by atoms with Gasteiger partial charge in [0.2, 0.25) is 0 Å². The lowest BCUT2D eigenvalue weighted by molar-refractivity contribution is 0.121. The summed E-state index contributed by atoms with van der Waals surface area (Å²) in [5.41, 5.74) is 1.66. The van der Waals surface area contributed by atoms with Crippen molar-refractivity contribution < 1.29 is 9.53 Å². The Morgan fingerprint density at radius 2 is 1.71 bits per heavy atom. The van der Waals surface area contributed by atoms with E-state index in [0.29, 0.717) is 5.02 Å². The first-order chi connectivity index (χ1) is 14.4. The van der Waals surface area contributed by atoms with Crippen LogP contribution < -0.4 is 4.74 Å². The maximum absolute atomic E-state index is 13.0. The van der Waals surface area contributed by atoms with Crippen LogP contribution in [0.4, 0.5) is 4.79 Å². The van der Waals surface area contributed by atoms with E-state index in [9.17, 15) is 4.79 Å². The Kier molecular flexibility index (Phi) is 6.72. The van der Waals surface area contributed by atoms with E-state index < -0.39 is 6.09 Å². The molecule has 0 aliphatic carbocycles. The van der Waals surface area contributed by atoms with E-state index >= 15 is 0 Å². The Bertz CT molecular complexity index is 1210. The average molecular weight is 459 g/mol. The molecule has 0 fully saturated rings. The molecule has 0 atom stereocenters. The molecular weight excluding hydrogens is 435 g/mol. The van der Waals surface area contributed by atoms with Crippen molar-refractivity contribution in [2.45, 2.75) is 39.8 Å². The molecule has 8 heteroatoms. The van der Waals surface area contributed by atoms with Gasteiger partial charge < -0.3 is 9.64 Å². The molecule has 162 valence electrons. The monoisotopic (exact) mass is 458 g/mol. The summed E-state index contributed by atoms with van der Waals surface area (Å²) in [6.45, 7) is 7.86. The normalized spacial score (nSPS) is 11.2. The number of fused-ring (bicyclic) bond motifs is 3. The lowest BCUT2D eigenvalue weighted by atomic mass is 10.1. The van der Waals surface area contributed by atoms with Crippen molar-refractivity contribution in [2.24, 2.45) is 0 Å². The second-order valence-electron chi connectivity index (χ2n) is 7.71. The molecule has 0 spiro atoms. The van der Waals surface area contributed by atoms with Gasteiger partial charge in [-0.3, -0.25) is 4.98 Å². The lowest BCUT2D eigenvalue weighted by Gasteiger charge is -2.29. The van der Waals surface area contributed by atoms with Gasteiger partial charge in [-0.05, 0) is 68.8 Å². The number of hydrogen-bond acceptors (Lipinski definition) is 4. The van der Waals surface area contributed by atoms with Crippen LogP contribution >= 0.6 is 24.0 Å². The first kappa shape index (κ1) is 22.8. The molecule has 2 aromatic carbocycles. The zero-order valence-corrected chi connectivity index (χ0v) is 19.3. The van der Waals surface area contributed by atoms with Gasteiger partial charge in [0, 0.05) is 29.5 Å². The first-order valence-electron chi connectivity index (χ1n) is 9.88. The van der Waals surface area contributed by atoms with Crippen LogP contribution in [0.25, 0.3) is 27.4 Å². The van der Waals surface area contributed by atoms with Gasteiger partial charge in [-0.1, -0.05) is 23.7 Å². The van der Waals surface area contributed by atoms with Crippen molar-refractivity contribution in [3.05, 3.63) is 59.9 Å². The number of pyridine rings is 1. The van der Waals surface area contributed by atoms with Crippen LogP contribution in [0.1, 0.15) is 27.7 Å². The fourth-order valence-corrected chi connectivity index (χ4v) is 3.97. The third-order valence-corrected chi connectivity index (χ3v) is 5.24. The number of hydrogen-bond donors (Lipinski definition) is 0. The average Bonchev–Trinajstić information content (AvgIpc) is 3.06. The molecule has 2 aromatic heterocycles. The number of ether oxygens (including phenoxy) is 1. The fourth-order valence-electron chi connectivity index (χ4n) is 3.79. The van der Waals surface area contributed by atoms with E-state index in [1.165, 1.54) is 0 Å². The number of aromatic nitrogens is 3. The van der Waals surface area contributed by atoms with Crippen molar-refractivity contribution in [3.63, 3.8) is 0 Å². The lowest BCUT2D eigenvalue weighted by Crippen LogP contribution is -2.43. The van der Waals surface area contributed by atoms with Crippen LogP contribution in [-0.4, -0.2) is 37.8 Å². The second-order valence-corrected chi connectivity index (χ2v) is 8.15. The highest BCUT2D eigenvalue weighted by Gasteiger charge is 2.25. The molecule has 1 amide bonds. The highest BCUT2D eigenvalue weighted by molar-refractivity contribution is 6.31. The minimum atomic E-state index is -0.424. The number of benzene rings is 2. The molecule has 6 nitrogen and oxygen atoms in total. The summed E-state index contributed by atoms with van der Waals surface area (Å²) in [5.74, 6) is 0.269. The third-order valence-electron chi connectivity index (χ3n) is 5.01. The fraction of sp³-hybridized carbons (Fsp3) is 0.261. The van der Waals surface area contributed by atoms with Gasteiger partial charge in [-0.25, -0.2) is 9.48 Å². The molecular formula is C23H24Cl2N4O2. The van der Waals surface area contributed by atoms with Gasteiger partial charge in [0.05, 0.1) is 16.6 Å². The molecule has 0 saturated carbocycles. The minimum absolute atomic E-state index is 0. The predicted molar refractivity (Wildman–Crippen MR) is 127 cm³/mol. The van der Waals surface area contributed by atoms with E-state index in [1.54, 1.807) is 22.0 Å². The molecule has 2 heterocycles. The number of carbonyl (C=O) groups is 1. The van der Waals surface area contributed by atoms with Crippen LogP contribution in [0, 0.1) is 0 Å². The Morgan fingerprint density at radius 1 is 1.03 bits per heavy atom. The number of nitrogens with zero attached hydrogens (tertiary/aromatic N) is 4. The van der Waals surface area contributed by atoms with E-state index in [0.717, 1.165) is 27.4 Å². The van der Waals surface area contributed by atoms with Crippen LogP contribution in [0.15, 0.2) is 54.9 Å². The molecule has 0 saturated heterocycles. The van der Waals surface area contributed by atoms with Gasteiger partial charge in [0.15, 0.2) is 0 Å². The van der Waals surface area contributed by atoms with Crippen molar-refractivity contribution in [1.82, 2.24) is 19.7 Å². The summed E-state index contributed by atoms with van der Waals surface area (Å²) in [5, 5.41) is 7.94. The molecule has 0 bridgehead atoms. The van der Waals surface area contributed by atoms with Gasteiger partial charge in [-0.15, -0.1) is 17.5 Å². The molecule has 0 radical (unpaired) electrons. The van der Waals surface area contributed by atoms with E-state index in [1.807, 2.05) is 70.2 Å². The van der Waals surface area contributed by atoms with E-state index in [-0.39, 0.29) is 30.4 Å². The van der Waals surface area contributed by atoms with Crippen molar-refractivity contribution in [1.29, 1.82) is 0 Å². The topological polar surface area (TPSA) is 60.3 Å². The number of halogens is 2. The summed E-state index contributed by atoms with van der Waals surface area (Å²) in [6, 6.07) is 13.3. The Morgan fingerprint density at radius 3 is 2.35 bits per heavy atom. The van der Waals surface area contributed by atoms with Gasteiger partial charge in [-0.2, -0.15) is 0 Å². The molecule has 31 heavy (non-hydrogen) atoms. The molecule has 4 aromatic rings. The standard InChI is InChI=1S/C23H23ClN4O2.ClH/c1-14(2)27(15(3)4)23(29)30-22-21-19-7-6-17(24)13-16(19)5-8-20(21)28(26-22)18-9-11-25-12-10-18;/h5-15H,1-4H3;1H. The summed E-state index contributed by atoms with van der Waals surface area (Å²) < 4.78 is 7.63. The van der Waals surface area contributed by atoms with E-state index in [2.05, 4.69) is 10.1 Å². The van der Waals surface area contributed by atoms with Crippen LogP contribution in [0.3, 0.4) is 0 Å². The smallest absolute Gasteiger partial charge is 0.389 e. The van der Waals surface area contributed by atoms with Crippen molar-refractivity contribution in [3.8, 4) is 11.6 Å². The predicted octanol–water partition coefficient (Wildman–Crippen LogP) is 6.27. The second kappa shape index (κ2) is 9.12. The summed E-state index contributed by atoms with van der Waals surface area (Å²) in [4.78, 5) is 18.8. The Hall–Kier alpha value is -2.83. The summed E-state index contributed by atoms with van der Waals surface area (Å²) in [6.07, 6.45) is 2.98. The van der Waals surface area contributed by atoms with Crippen molar-refractivity contribution in [2.75, 3.05) is 0 Å². The van der Waals surface area contributed by atoms with Crippen molar-refractivity contribution >= 4 is 51.8 Å². The minimum Gasteiger partial charge on any atom is -0.389 e. The maximum Gasteiger partial charge on any atom is 0.417 e. The van der Waals surface area contributed by atoms with Crippen LogP contribution in [-0.2, 0) is 0 Å². The Balaban J connectivity index is 0.00000272.